The van der Waals surface area contributed by atoms with Crippen LogP contribution in [0.4, 0.5) is 4.39 Å². The van der Waals surface area contributed by atoms with Crippen molar-refractivity contribution in [3.8, 4) is 11.5 Å². The Bertz CT molecular complexity index is 1090. The van der Waals surface area contributed by atoms with Crippen LogP contribution in [0, 0.1) is 18.7 Å². The molecule has 3 heterocycles. The molecule has 0 unspecified atom stereocenters. The third kappa shape index (κ3) is 4.36. The highest BCUT2D eigenvalue weighted by molar-refractivity contribution is 5.75. The van der Waals surface area contributed by atoms with Crippen molar-refractivity contribution in [1.29, 1.82) is 0 Å². The maximum Gasteiger partial charge on any atom is 0.263 e. The van der Waals surface area contributed by atoms with Crippen molar-refractivity contribution < 1.29 is 9.13 Å². The molecule has 1 aliphatic heterocycles. The maximum atomic E-state index is 13.3. The Hall–Kier alpha value is -2.80. The summed E-state index contributed by atoms with van der Waals surface area (Å²) in [4.78, 5) is 24.6. The molecule has 1 aromatic carbocycles. The summed E-state index contributed by atoms with van der Waals surface area (Å²) >= 11 is 0. The van der Waals surface area contributed by atoms with Crippen molar-refractivity contribution in [2.45, 2.75) is 46.2 Å². The van der Waals surface area contributed by atoms with Gasteiger partial charge in [0, 0.05) is 19.1 Å². The number of aromatic nitrogens is 3. The lowest BCUT2D eigenvalue weighted by atomic mass is 9.97. The van der Waals surface area contributed by atoms with Crippen LogP contribution in [0.3, 0.4) is 0 Å². The molecule has 0 amide bonds. The number of pyridine rings is 1. The highest BCUT2D eigenvalue weighted by Gasteiger charge is 2.23. The topological polar surface area (TPSA) is 60.3 Å². The van der Waals surface area contributed by atoms with Gasteiger partial charge in [-0.1, -0.05) is 0 Å². The summed E-state index contributed by atoms with van der Waals surface area (Å²) in [5, 5.41) is 0.428. The van der Waals surface area contributed by atoms with Gasteiger partial charge >= 0.3 is 0 Å². The number of rotatable bonds is 5. The molecule has 1 aliphatic rings. The van der Waals surface area contributed by atoms with E-state index in [9.17, 15) is 9.18 Å². The van der Waals surface area contributed by atoms with E-state index in [0.717, 1.165) is 25.9 Å². The minimum atomic E-state index is -0.333. The molecule has 0 aliphatic carbocycles. The first-order valence-corrected chi connectivity index (χ1v) is 10.5. The number of fused-ring (bicyclic) bond motifs is 1. The molecule has 7 heteroatoms. The highest BCUT2D eigenvalue weighted by Crippen LogP contribution is 2.24. The van der Waals surface area contributed by atoms with E-state index in [-0.39, 0.29) is 11.4 Å². The van der Waals surface area contributed by atoms with Gasteiger partial charge in [-0.2, -0.15) is 0 Å². The largest absolute Gasteiger partial charge is 0.456 e. The average molecular weight is 410 g/mol. The number of hydrogen-bond acceptors (Lipinski definition) is 5. The van der Waals surface area contributed by atoms with Gasteiger partial charge in [-0.05, 0) is 76.4 Å². The van der Waals surface area contributed by atoms with Gasteiger partial charge in [0.1, 0.15) is 23.1 Å². The molecule has 1 fully saturated rings. The van der Waals surface area contributed by atoms with Crippen LogP contribution in [-0.2, 0) is 6.54 Å². The molecule has 30 heavy (non-hydrogen) atoms. The van der Waals surface area contributed by atoms with E-state index in [0.29, 0.717) is 46.9 Å². The van der Waals surface area contributed by atoms with Crippen LogP contribution in [0.5, 0.6) is 11.5 Å². The first-order valence-electron chi connectivity index (χ1n) is 10.5. The molecular formula is C23H27FN4O2. The van der Waals surface area contributed by atoms with Crippen LogP contribution in [0.25, 0.3) is 11.0 Å². The van der Waals surface area contributed by atoms with Gasteiger partial charge < -0.3 is 9.64 Å². The first kappa shape index (κ1) is 20.5. The molecule has 2 aromatic heterocycles. The summed E-state index contributed by atoms with van der Waals surface area (Å²) in [6.45, 7) is 9.05. The lowest BCUT2D eigenvalue weighted by molar-refractivity contribution is 0.129. The van der Waals surface area contributed by atoms with Crippen molar-refractivity contribution in [2.75, 3.05) is 13.1 Å². The monoisotopic (exact) mass is 410 g/mol. The first-order chi connectivity index (χ1) is 14.4. The standard InChI is InChI=1S/C23H27FN4O2/c1-15(2)27-10-4-5-17(13-27)14-28-16(3)26-22-21(23(28)29)11-20(12-25-22)30-19-8-6-18(24)7-9-19/h6-9,11-12,15,17H,4-5,10,13-14H2,1-3H3/t17-/m0/s1. The summed E-state index contributed by atoms with van der Waals surface area (Å²) in [5.41, 5.74) is 0.309. The zero-order chi connectivity index (χ0) is 21.3. The smallest absolute Gasteiger partial charge is 0.263 e. The van der Waals surface area contributed by atoms with Gasteiger partial charge in [0.2, 0.25) is 0 Å². The number of likely N-dealkylation sites (tertiary alicyclic amines) is 1. The highest BCUT2D eigenvalue weighted by atomic mass is 19.1. The summed E-state index contributed by atoms with van der Waals surface area (Å²) < 4.78 is 20.6. The molecule has 4 rings (SSSR count). The van der Waals surface area contributed by atoms with E-state index in [1.807, 2.05) is 6.92 Å². The fourth-order valence-corrected chi connectivity index (χ4v) is 4.07. The molecule has 6 nitrogen and oxygen atoms in total. The Morgan fingerprint density at radius 1 is 1.23 bits per heavy atom. The number of hydrogen-bond donors (Lipinski definition) is 0. The number of ether oxygens (including phenoxy) is 1. The molecule has 0 spiro atoms. The van der Waals surface area contributed by atoms with Crippen LogP contribution >= 0.6 is 0 Å². The number of aryl methyl sites for hydroxylation is 1. The minimum absolute atomic E-state index is 0.101. The van der Waals surface area contributed by atoms with E-state index in [1.165, 1.54) is 30.5 Å². The van der Waals surface area contributed by atoms with Crippen molar-refractivity contribution in [2.24, 2.45) is 5.92 Å². The Morgan fingerprint density at radius 2 is 2.00 bits per heavy atom. The predicted molar refractivity (Wildman–Crippen MR) is 114 cm³/mol. The van der Waals surface area contributed by atoms with Gasteiger partial charge in [0.05, 0.1) is 11.6 Å². The summed E-state index contributed by atoms with van der Waals surface area (Å²) in [6.07, 6.45) is 3.79. The quantitative estimate of drug-likeness (QED) is 0.632. The SMILES string of the molecule is Cc1nc2ncc(Oc3ccc(F)cc3)cc2c(=O)n1C[C@H]1CCCN(C(C)C)C1. The Morgan fingerprint density at radius 3 is 2.73 bits per heavy atom. The number of halogens is 1. The third-order valence-corrected chi connectivity index (χ3v) is 5.75. The van der Waals surface area contributed by atoms with E-state index in [1.54, 1.807) is 10.6 Å². The van der Waals surface area contributed by atoms with Gasteiger partial charge in [0.15, 0.2) is 5.65 Å². The van der Waals surface area contributed by atoms with E-state index in [4.69, 9.17) is 4.74 Å². The van der Waals surface area contributed by atoms with E-state index < -0.39 is 0 Å². The normalized spacial score (nSPS) is 17.6. The van der Waals surface area contributed by atoms with Crippen molar-refractivity contribution in [3.05, 3.63) is 58.5 Å². The van der Waals surface area contributed by atoms with Gasteiger partial charge in [0.25, 0.3) is 5.56 Å². The second-order valence-corrected chi connectivity index (χ2v) is 8.27. The summed E-state index contributed by atoms with van der Waals surface area (Å²) in [5.74, 6) is 1.67. The van der Waals surface area contributed by atoms with Crippen LogP contribution in [-0.4, -0.2) is 38.6 Å². The van der Waals surface area contributed by atoms with E-state index in [2.05, 4.69) is 28.7 Å². The molecular weight excluding hydrogens is 383 g/mol. The van der Waals surface area contributed by atoms with Gasteiger partial charge in [-0.3, -0.25) is 9.36 Å². The van der Waals surface area contributed by atoms with Crippen LogP contribution < -0.4 is 10.3 Å². The van der Waals surface area contributed by atoms with Crippen molar-refractivity contribution in [1.82, 2.24) is 19.4 Å². The molecule has 0 N–H and O–H groups in total. The fourth-order valence-electron chi connectivity index (χ4n) is 4.07. The molecule has 0 bridgehead atoms. The Kier molecular flexibility index (Phi) is 5.81. The zero-order valence-corrected chi connectivity index (χ0v) is 17.6. The van der Waals surface area contributed by atoms with Crippen molar-refractivity contribution >= 4 is 11.0 Å². The second kappa shape index (κ2) is 8.52. The number of benzene rings is 1. The lowest BCUT2D eigenvalue weighted by Gasteiger charge is -2.35. The zero-order valence-electron chi connectivity index (χ0n) is 17.6. The molecule has 1 atom stereocenters. The third-order valence-electron chi connectivity index (χ3n) is 5.75. The van der Waals surface area contributed by atoms with Gasteiger partial charge in [-0.15, -0.1) is 0 Å². The molecule has 0 saturated carbocycles. The minimum Gasteiger partial charge on any atom is -0.456 e. The maximum absolute atomic E-state index is 13.3. The Labute approximate surface area is 175 Å². The fraction of sp³-hybridized carbons (Fsp3) is 0.435. The summed E-state index contributed by atoms with van der Waals surface area (Å²) in [7, 11) is 0. The number of piperidine rings is 1. The Balaban J connectivity index is 1.62. The molecule has 1 saturated heterocycles. The van der Waals surface area contributed by atoms with E-state index >= 15 is 0 Å². The molecule has 158 valence electrons. The van der Waals surface area contributed by atoms with Gasteiger partial charge in [-0.25, -0.2) is 14.4 Å². The lowest BCUT2D eigenvalue weighted by Crippen LogP contribution is -2.42. The van der Waals surface area contributed by atoms with Crippen molar-refractivity contribution in [3.63, 3.8) is 0 Å². The van der Waals surface area contributed by atoms with Crippen LogP contribution in [0.1, 0.15) is 32.5 Å². The second-order valence-electron chi connectivity index (χ2n) is 8.27. The van der Waals surface area contributed by atoms with Crippen LogP contribution in [0.15, 0.2) is 41.3 Å². The predicted octanol–water partition coefficient (Wildman–Crippen LogP) is 4.15. The van der Waals surface area contributed by atoms with Crippen LogP contribution in [0.2, 0.25) is 0 Å². The summed E-state index contributed by atoms with van der Waals surface area (Å²) in [6, 6.07) is 7.90. The molecule has 0 radical (unpaired) electrons. The average Bonchev–Trinajstić information content (AvgIpc) is 2.73. The number of nitrogens with zero attached hydrogens (tertiary/aromatic N) is 4. The molecule has 3 aromatic rings.